The van der Waals surface area contributed by atoms with Crippen LogP contribution in [0.5, 0.6) is 0 Å². The number of thioether (sulfide) groups is 1. The molecule has 1 aliphatic rings. The molecule has 0 saturated carbocycles. The van der Waals surface area contributed by atoms with Gasteiger partial charge in [0.15, 0.2) is 11.0 Å². The van der Waals surface area contributed by atoms with Gasteiger partial charge in [-0.15, -0.1) is 17.9 Å². The van der Waals surface area contributed by atoms with Crippen LogP contribution >= 0.6 is 23.1 Å². The molecule has 1 saturated heterocycles. The van der Waals surface area contributed by atoms with E-state index in [9.17, 15) is 14.0 Å². The SMILES string of the molecule is C=CCN1C(=O)[C@@H](CC(=O)c2ccc(F)cc2)SC1=Nc1nccs1. The van der Waals surface area contributed by atoms with E-state index in [1.807, 2.05) is 0 Å². The lowest BCUT2D eigenvalue weighted by Gasteiger charge is -2.13. The summed E-state index contributed by atoms with van der Waals surface area (Å²) in [6.45, 7) is 3.98. The number of amides is 1. The van der Waals surface area contributed by atoms with E-state index in [1.54, 1.807) is 17.7 Å². The van der Waals surface area contributed by atoms with E-state index in [0.29, 0.717) is 22.4 Å². The summed E-state index contributed by atoms with van der Waals surface area (Å²) in [5, 5.41) is 2.30. The third kappa shape index (κ3) is 4.02. The van der Waals surface area contributed by atoms with E-state index in [2.05, 4.69) is 16.6 Å². The van der Waals surface area contributed by atoms with Crippen molar-refractivity contribution in [3.8, 4) is 0 Å². The van der Waals surface area contributed by atoms with Gasteiger partial charge in [-0.25, -0.2) is 9.37 Å². The highest BCUT2D eigenvalue weighted by atomic mass is 32.2. The van der Waals surface area contributed by atoms with E-state index in [-0.39, 0.29) is 18.1 Å². The van der Waals surface area contributed by atoms with Crippen molar-refractivity contribution in [3.63, 3.8) is 0 Å². The van der Waals surface area contributed by atoms with Crippen molar-refractivity contribution in [1.82, 2.24) is 9.88 Å². The van der Waals surface area contributed by atoms with E-state index < -0.39 is 11.1 Å². The number of ketones is 1. The lowest BCUT2D eigenvalue weighted by molar-refractivity contribution is -0.125. The fraction of sp³-hybridized carbons (Fsp3) is 0.176. The second kappa shape index (κ2) is 7.71. The Kier molecular flexibility index (Phi) is 5.40. The summed E-state index contributed by atoms with van der Waals surface area (Å²) in [6.07, 6.45) is 3.28. The zero-order valence-electron chi connectivity index (χ0n) is 13.1. The molecular formula is C17H14FN3O2S2. The molecule has 1 atom stereocenters. The first-order chi connectivity index (χ1) is 12.1. The van der Waals surface area contributed by atoms with Crippen LogP contribution in [0, 0.1) is 5.82 Å². The first-order valence-corrected chi connectivity index (χ1v) is 9.20. The fourth-order valence-electron chi connectivity index (χ4n) is 2.30. The molecule has 0 unspecified atom stereocenters. The Morgan fingerprint density at radius 2 is 2.16 bits per heavy atom. The Balaban J connectivity index is 1.78. The number of hydrogen-bond donors (Lipinski definition) is 0. The van der Waals surface area contributed by atoms with Gasteiger partial charge < -0.3 is 0 Å². The highest BCUT2D eigenvalue weighted by Gasteiger charge is 2.38. The smallest absolute Gasteiger partial charge is 0.242 e. The number of carbonyl (C=O) groups excluding carboxylic acids is 2. The second-order valence-electron chi connectivity index (χ2n) is 5.19. The number of rotatable bonds is 6. The maximum atomic E-state index is 13.0. The van der Waals surface area contributed by atoms with E-state index in [0.717, 1.165) is 0 Å². The maximum Gasteiger partial charge on any atom is 0.242 e. The fourth-order valence-corrected chi connectivity index (χ4v) is 4.01. The molecule has 2 aromatic rings. The lowest BCUT2D eigenvalue weighted by atomic mass is 10.1. The molecule has 1 fully saturated rings. The highest BCUT2D eigenvalue weighted by Crippen LogP contribution is 2.32. The van der Waals surface area contributed by atoms with E-state index in [1.165, 1.54) is 52.3 Å². The van der Waals surface area contributed by atoms with Crippen molar-refractivity contribution in [1.29, 1.82) is 0 Å². The largest absolute Gasteiger partial charge is 0.294 e. The van der Waals surface area contributed by atoms with Crippen molar-refractivity contribution in [2.24, 2.45) is 4.99 Å². The summed E-state index contributed by atoms with van der Waals surface area (Å²) in [4.78, 5) is 35.0. The summed E-state index contributed by atoms with van der Waals surface area (Å²) < 4.78 is 13.0. The third-order valence-electron chi connectivity index (χ3n) is 3.48. The lowest BCUT2D eigenvalue weighted by Crippen LogP contribution is -2.32. The van der Waals surface area contributed by atoms with Crippen molar-refractivity contribution in [3.05, 3.63) is 59.9 Å². The summed E-state index contributed by atoms with van der Waals surface area (Å²) in [7, 11) is 0. The average Bonchev–Trinajstić information content (AvgIpc) is 3.20. The predicted molar refractivity (Wildman–Crippen MR) is 97.8 cm³/mol. The number of benzene rings is 1. The number of halogens is 1. The first-order valence-electron chi connectivity index (χ1n) is 7.44. The minimum atomic E-state index is -0.559. The van der Waals surface area contributed by atoms with Gasteiger partial charge in [-0.1, -0.05) is 17.8 Å². The summed E-state index contributed by atoms with van der Waals surface area (Å²) >= 11 is 2.61. The third-order valence-corrected chi connectivity index (χ3v) is 5.32. The van der Waals surface area contributed by atoms with Gasteiger partial charge in [0.1, 0.15) is 5.82 Å². The Morgan fingerprint density at radius 3 is 2.80 bits per heavy atom. The molecule has 1 amide bonds. The van der Waals surface area contributed by atoms with Crippen LogP contribution < -0.4 is 0 Å². The zero-order valence-corrected chi connectivity index (χ0v) is 14.7. The van der Waals surface area contributed by atoms with Gasteiger partial charge in [0.25, 0.3) is 0 Å². The Hall–Kier alpha value is -2.32. The van der Waals surface area contributed by atoms with Crippen LogP contribution in [0.1, 0.15) is 16.8 Å². The standard InChI is InChI=1S/C17H14FN3O2S2/c1-2-8-21-15(23)14(25-17(21)20-16-19-7-9-24-16)10-13(22)11-3-5-12(18)6-4-11/h2-7,9,14H,1,8,10H2/t14-/m1/s1. The molecule has 0 aliphatic carbocycles. The number of thiazole rings is 1. The molecule has 1 aromatic heterocycles. The maximum absolute atomic E-state index is 13.0. The minimum absolute atomic E-state index is 0.0274. The summed E-state index contributed by atoms with van der Waals surface area (Å²) in [6, 6.07) is 5.31. The average molecular weight is 375 g/mol. The summed E-state index contributed by atoms with van der Waals surface area (Å²) in [5.74, 6) is -0.798. The van der Waals surface area contributed by atoms with Crippen molar-refractivity contribution >= 4 is 45.1 Å². The van der Waals surface area contributed by atoms with Gasteiger partial charge in [0.05, 0.1) is 5.25 Å². The van der Waals surface area contributed by atoms with Crippen LogP contribution in [0.2, 0.25) is 0 Å². The van der Waals surface area contributed by atoms with Crippen LogP contribution in [0.15, 0.2) is 53.5 Å². The molecule has 0 N–H and O–H groups in total. The van der Waals surface area contributed by atoms with E-state index >= 15 is 0 Å². The number of carbonyl (C=O) groups is 2. The monoisotopic (exact) mass is 375 g/mol. The van der Waals surface area contributed by atoms with Gasteiger partial charge in [-0.3, -0.25) is 14.5 Å². The van der Waals surface area contributed by atoms with Crippen LogP contribution in [0.25, 0.3) is 0 Å². The van der Waals surface area contributed by atoms with Gasteiger partial charge in [-0.2, -0.15) is 4.99 Å². The van der Waals surface area contributed by atoms with Gasteiger partial charge in [0.2, 0.25) is 11.0 Å². The molecule has 25 heavy (non-hydrogen) atoms. The van der Waals surface area contributed by atoms with Gasteiger partial charge in [0, 0.05) is 30.1 Å². The molecule has 128 valence electrons. The van der Waals surface area contributed by atoms with Crippen LogP contribution in [-0.4, -0.2) is 38.5 Å². The number of nitrogens with zero attached hydrogens (tertiary/aromatic N) is 3. The molecule has 1 aromatic carbocycles. The molecule has 1 aliphatic heterocycles. The quantitative estimate of drug-likeness (QED) is 0.571. The molecule has 0 spiro atoms. The minimum Gasteiger partial charge on any atom is -0.294 e. The van der Waals surface area contributed by atoms with Gasteiger partial charge >= 0.3 is 0 Å². The Labute approximate surface area is 152 Å². The molecular weight excluding hydrogens is 361 g/mol. The summed E-state index contributed by atoms with van der Waals surface area (Å²) in [5.41, 5.74) is 0.385. The molecule has 8 heteroatoms. The van der Waals surface area contributed by atoms with E-state index in [4.69, 9.17) is 0 Å². The number of amidine groups is 1. The van der Waals surface area contributed by atoms with Crippen LogP contribution in [-0.2, 0) is 4.79 Å². The zero-order chi connectivity index (χ0) is 17.8. The molecule has 0 radical (unpaired) electrons. The van der Waals surface area contributed by atoms with Crippen LogP contribution in [0.3, 0.4) is 0 Å². The number of aliphatic imine (C=N–C) groups is 1. The van der Waals surface area contributed by atoms with Crippen LogP contribution in [0.4, 0.5) is 9.52 Å². The molecule has 0 bridgehead atoms. The number of aromatic nitrogens is 1. The van der Waals surface area contributed by atoms with Gasteiger partial charge in [-0.05, 0) is 24.3 Å². The predicted octanol–water partition coefficient (Wildman–Crippen LogP) is 3.67. The molecule has 3 rings (SSSR count). The first kappa shape index (κ1) is 17.5. The normalized spacial score (nSPS) is 18.8. The number of hydrogen-bond acceptors (Lipinski definition) is 6. The second-order valence-corrected chi connectivity index (χ2v) is 7.23. The topological polar surface area (TPSA) is 62.6 Å². The Bertz CT molecular complexity index is 819. The van der Waals surface area contributed by atoms with Crippen molar-refractivity contribution in [2.75, 3.05) is 6.54 Å². The van der Waals surface area contributed by atoms with Crippen molar-refractivity contribution < 1.29 is 14.0 Å². The molecule has 5 nitrogen and oxygen atoms in total. The van der Waals surface area contributed by atoms with Crippen molar-refractivity contribution in [2.45, 2.75) is 11.7 Å². The highest BCUT2D eigenvalue weighted by molar-refractivity contribution is 8.15. The molecule has 2 heterocycles. The number of Topliss-reactive ketones (excluding diaryl/α,β-unsaturated/α-hetero) is 1. The Morgan fingerprint density at radius 1 is 1.40 bits per heavy atom.